The van der Waals surface area contributed by atoms with E-state index in [9.17, 15) is 14.4 Å². The predicted octanol–water partition coefficient (Wildman–Crippen LogP) is 3.36. The van der Waals surface area contributed by atoms with Crippen molar-refractivity contribution < 1.29 is 19.1 Å². The second kappa shape index (κ2) is 11.7. The molecule has 1 aliphatic rings. The van der Waals surface area contributed by atoms with Crippen molar-refractivity contribution in [3.05, 3.63) is 64.7 Å². The van der Waals surface area contributed by atoms with Crippen molar-refractivity contribution in [1.82, 2.24) is 15.1 Å². The van der Waals surface area contributed by atoms with E-state index in [4.69, 9.17) is 16.3 Å². The summed E-state index contributed by atoms with van der Waals surface area (Å²) in [4.78, 5) is 41.3. The van der Waals surface area contributed by atoms with Crippen molar-refractivity contribution in [2.45, 2.75) is 32.7 Å². The molecule has 0 aromatic heterocycles. The molecule has 3 amide bonds. The van der Waals surface area contributed by atoms with E-state index < -0.39 is 0 Å². The lowest BCUT2D eigenvalue weighted by Gasteiger charge is -2.31. The van der Waals surface area contributed by atoms with Crippen LogP contribution in [0.1, 0.15) is 36.9 Å². The third-order valence-corrected chi connectivity index (χ3v) is 5.95. The van der Waals surface area contributed by atoms with Gasteiger partial charge in [-0.15, -0.1) is 0 Å². The molecule has 1 fully saturated rings. The van der Waals surface area contributed by atoms with Crippen LogP contribution >= 0.6 is 11.6 Å². The molecule has 0 spiro atoms. The monoisotopic (exact) mass is 471 g/mol. The van der Waals surface area contributed by atoms with Gasteiger partial charge in [0.1, 0.15) is 5.75 Å². The fourth-order valence-corrected chi connectivity index (χ4v) is 4.22. The molecule has 2 aromatic rings. The number of carbonyl (C=O) groups is 3. The zero-order chi connectivity index (χ0) is 23.8. The lowest BCUT2D eigenvalue weighted by molar-refractivity contribution is -0.133. The Kier molecular flexibility index (Phi) is 8.72. The van der Waals surface area contributed by atoms with Gasteiger partial charge in [-0.1, -0.05) is 41.9 Å². The molecule has 1 atom stereocenters. The Labute approximate surface area is 199 Å². The van der Waals surface area contributed by atoms with Gasteiger partial charge in [0.05, 0.1) is 12.5 Å². The van der Waals surface area contributed by atoms with Gasteiger partial charge in [-0.25, -0.2) is 0 Å². The Balaban J connectivity index is 1.69. The van der Waals surface area contributed by atoms with Gasteiger partial charge in [-0.3, -0.25) is 14.4 Å². The number of rotatable bonds is 4. The zero-order valence-electron chi connectivity index (χ0n) is 19.1. The second-order valence-corrected chi connectivity index (χ2v) is 8.56. The fourth-order valence-electron chi connectivity index (χ4n) is 3.99. The van der Waals surface area contributed by atoms with Crippen molar-refractivity contribution in [1.29, 1.82) is 0 Å². The highest BCUT2D eigenvalue weighted by atomic mass is 35.5. The maximum atomic E-state index is 12.9. The van der Waals surface area contributed by atoms with Gasteiger partial charge in [0.25, 0.3) is 5.91 Å². The van der Waals surface area contributed by atoms with E-state index in [1.54, 1.807) is 28.0 Å². The molecule has 33 heavy (non-hydrogen) atoms. The van der Waals surface area contributed by atoms with Crippen molar-refractivity contribution >= 4 is 29.3 Å². The van der Waals surface area contributed by atoms with Crippen LogP contribution in [-0.2, 0) is 14.4 Å². The van der Waals surface area contributed by atoms with Crippen LogP contribution < -0.4 is 10.1 Å². The molecule has 0 bridgehead atoms. The van der Waals surface area contributed by atoms with Gasteiger partial charge in [0.15, 0.2) is 6.61 Å². The first-order chi connectivity index (χ1) is 15.8. The molecule has 2 aromatic carbocycles. The summed E-state index contributed by atoms with van der Waals surface area (Å²) in [7, 11) is 0. The molecule has 3 rings (SSSR count). The lowest BCUT2D eigenvalue weighted by atomic mass is 10.0. The Bertz CT molecular complexity index is 983. The van der Waals surface area contributed by atoms with Gasteiger partial charge < -0.3 is 19.9 Å². The summed E-state index contributed by atoms with van der Waals surface area (Å²) < 4.78 is 5.71. The van der Waals surface area contributed by atoms with Crippen LogP contribution in [0, 0.1) is 6.92 Å². The Morgan fingerprint density at radius 2 is 1.88 bits per heavy atom. The van der Waals surface area contributed by atoms with E-state index in [0.29, 0.717) is 43.4 Å². The van der Waals surface area contributed by atoms with Crippen molar-refractivity contribution in [2.75, 3.05) is 32.8 Å². The van der Waals surface area contributed by atoms with Gasteiger partial charge >= 0.3 is 0 Å². The average Bonchev–Trinajstić information content (AvgIpc) is 2.82. The summed E-state index contributed by atoms with van der Waals surface area (Å²) in [6.45, 7) is 4.90. The van der Waals surface area contributed by atoms with Crippen molar-refractivity contribution in [3.63, 3.8) is 0 Å². The molecule has 8 heteroatoms. The number of ether oxygens (including phenoxy) is 1. The standard InChI is InChI=1S/C25H30ClN3O4/c1-18-15-21(26)9-10-23(18)33-17-25(32)28-12-6-13-29(19(2)30)22(16-24(31)27-11-14-28)20-7-4-3-5-8-20/h3-5,7-10,15,22H,6,11-14,16-17H2,1-2H3,(H,27,31). The third kappa shape index (κ3) is 6.96. The fraction of sp³-hybridized carbons (Fsp3) is 0.400. The van der Waals surface area contributed by atoms with Crippen LogP contribution in [0.2, 0.25) is 5.02 Å². The van der Waals surface area contributed by atoms with Crippen LogP contribution in [0.4, 0.5) is 0 Å². The topological polar surface area (TPSA) is 79.0 Å². The SMILES string of the molecule is CC(=O)N1CCCN(C(=O)COc2ccc(Cl)cc2C)CCNC(=O)CC1c1ccccc1. The van der Waals surface area contributed by atoms with E-state index in [1.807, 2.05) is 37.3 Å². The Morgan fingerprint density at radius 3 is 2.58 bits per heavy atom. The summed E-state index contributed by atoms with van der Waals surface area (Å²) in [6, 6.07) is 14.5. The van der Waals surface area contributed by atoms with Gasteiger partial charge in [-0.05, 0) is 42.7 Å². The predicted molar refractivity (Wildman–Crippen MR) is 127 cm³/mol. The number of nitrogens with zero attached hydrogens (tertiary/aromatic N) is 2. The molecule has 0 aliphatic carbocycles. The molecule has 176 valence electrons. The highest BCUT2D eigenvalue weighted by Crippen LogP contribution is 2.25. The number of aryl methyl sites for hydroxylation is 1. The van der Waals surface area contributed by atoms with E-state index in [1.165, 1.54) is 6.92 Å². The smallest absolute Gasteiger partial charge is 0.260 e. The molecule has 1 N–H and O–H groups in total. The molecule has 7 nitrogen and oxygen atoms in total. The van der Waals surface area contributed by atoms with E-state index in [0.717, 1.165) is 11.1 Å². The molecule has 0 saturated carbocycles. The minimum Gasteiger partial charge on any atom is -0.483 e. The number of benzene rings is 2. The van der Waals surface area contributed by atoms with Gasteiger partial charge in [0, 0.05) is 38.1 Å². The zero-order valence-corrected chi connectivity index (χ0v) is 19.8. The largest absolute Gasteiger partial charge is 0.483 e. The van der Waals surface area contributed by atoms with Crippen LogP contribution in [0.25, 0.3) is 0 Å². The second-order valence-electron chi connectivity index (χ2n) is 8.13. The van der Waals surface area contributed by atoms with Crippen molar-refractivity contribution in [3.8, 4) is 5.75 Å². The van der Waals surface area contributed by atoms with E-state index in [2.05, 4.69) is 5.32 Å². The highest BCUT2D eigenvalue weighted by molar-refractivity contribution is 6.30. The van der Waals surface area contributed by atoms with Crippen LogP contribution in [-0.4, -0.2) is 60.3 Å². The number of halogens is 1. The quantitative estimate of drug-likeness (QED) is 0.741. The molecule has 1 heterocycles. The summed E-state index contributed by atoms with van der Waals surface area (Å²) >= 11 is 5.98. The van der Waals surface area contributed by atoms with Crippen molar-refractivity contribution in [2.24, 2.45) is 0 Å². The molecule has 0 radical (unpaired) electrons. The number of amides is 3. The molecular formula is C25H30ClN3O4. The van der Waals surface area contributed by atoms with E-state index >= 15 is 0 Å². The molecule has 1 unspecified atom stereocenters. The Morgan fingerprint density at radius 1 is 1.12 bits per heavy atom. The first kappa shape index (κ1) is 24.6. The maximum Gasteiger partial charge on any atom is 0.260 e. The lowest BCUT2D eigenvalue weighted by Crippen LogP contribution is -2.41. The third-order valence-electron chi connectivity index (χ3n) is 5.72. The normalized spacial score (nSPS) is 17.7. The first-order valence-corrected chi connectivity index (χ1v) is 11.5. The number of nitrogens with one attached hydrogen (secondary N) is 1. The maximum absolute atomic E-state index is 12.9. The molecule has 1 saturated heterocycles. The summed E-state index contributed by atoms with van der Waals surface area (Å²) in [5, 5.41) is 3.50. The average molecular weight is 472 g/mol. The van der Waals surface area contributed by atoms with Crippen LogP contribution in [0.5, 0.6) is 5.75 Å². The van der Waals surface area contributed by atoms with Crippen LogP contribution in [0.15, 0.2) is 48.5 Å². The van der Waals surface area contributed by atoms with Gasteiger partial charge in [0.2, 0.25) is 11.8 Å². The van der Waals surface area contributed by atoms with Gasteiger partial charge in [-0.2, -0.15) is 0 Å². The minimum absolute atomic E-state index is 0.102. The summed E-state index contributed by atoms with van der Waals surface area (Å²) in [5.41, 5.74) is 1.77. The summed E-state index contributed by atoms with van der Waals surface area (Å²) in [6.07, 6.45) is 0.777. The van der Waals surface area contributed by atoms with Crippen LogP contribution in [0.3, 0.4) is 0 Å². The molecular weight excluding hydrogens is 442 g/mol. The van der Waals surface area contributed by atoms with E-state index in [-0.39, 0.29) is 36.8 Å². The molecule has 1 aliphatic heterocycles. The number of carbonyl (C=O) groups excluding carboxylic acids is 3. The summed E-state index contributed by atoms with van der Waals surface area (Å²) in [5.74, 6) is 0.173. The number of hydrogen-bond donors (Lipinski definition) is 1. The first-order valence-electron chi connectivity index (χ1n) is 11.1. The Hall–Kier alpha value is -3.06. The number of hydrogen-bond acceptors (Lipinski definition) is 4. The highest BCUT2D eigenvalue weighted by Gasteiger charge is 2.26. The minimum atomic E-state index is -0.345.